The van der Waals surface area contributed by atoms with Crippen LogP contribution in [0.3, 0.4) is 0 Å². The fourth-order valence-electron chi connectivity index (χ4n) is 5.10. The monoisotopic (exact) mass is 594 g/mol. The van der Waals surface area contributed by atoms with E-state index in [0.29, 0.717) is 36.3 Å². The van der Waals surface area contributed by atoms with Gasteiger partial charge in [-0.1, -0.05) is 24.3 Å². The second kappa shape index (κ2) is 11.0. The number of quaternary nitrogens is 1. The third-order valence-corrected chi connectivity index (χ3v) is 7.92. The number of hydrogen-bond acceptors (Lipinski definition) is 4. The highest BCUT2D eigenvalue weighted by Crippen LogP contribution is 2.41. The Morgan fingerprint density at radius 2 is 1.43 bits per heavy atom. The molecule has 1 fully saturated rings. The number of piperazine rings is 1. The number of pyridine rings is 1. The van der Waals surface area contributed by atoms with Gasteiger partial charge in [-0.3, -0.25) is 9.69 Å². The van der Waals surface area contributed by atoms with Crippen LogP contribution < -0.4 is 9.55 Å². The number of nitrogens with zero attached hydrogens (tertiary/aromatic N) is 4. The number of aryl methyl sites for hydroxylation is 1. The average Bonchev–Trinajstić information content (AvgIpc) is 2.92. The average molecular weight is 595 g/mol. The number of amides is 1. The van der Waals surface area contributed by atoms with Gasteiger partial charge in [-0.05, 0) is 62.7 Å². The largest absolute Gasteiger partial charge is 0.626 e. The molecule has 1 amide bonds. The van der Waals surface area contributed by atoms with Gasteiger partial charge in [0.25, 0.3) is 0 Å². The van der Waals surface area contributed by atoms with Crippen molar-refractivity contribution in [3.8, 4) is 11.1 Å². The van der Waals surface area contributed by atoms with Crippen molar-refractivity contribution in [2.45, 2.75) is 38.5 Å². The first-order chi connectivity index (χ1) is 19.3. The van der Waals surface area contributed by atoms with Gasteiger partial charge in [-0.2, -0.15) is 26.3 Å². The summed E-state index contributed by atoms with van der Waals surface area (Å²) in [6, 6.07) is 10.1. The van der Waals surface area contributed by atoms with Gasteiger partial charge < -0.3 is 14.8 Å². The molecule has 1 aliphatic rings. The molecular weight excluding hydrogens is 562 g/mol. The maximum atomic E-state index is 13.9. The maximum Gasteiger partial charge on any atom is 0.416 e. The summed E-state index contributed by atoms with van der Waals surface area (Å²) in [4.78, 5) is 21.5. The van der Waals surface area contributed by atoms with E-state index in [0.717, 1.165) is 5.56 Å². The number of hydrogen-bond donors (Lipinski definition) is 0. The molecule has 0 unspecified atom stereocenters. The Kier molecular flexibility index (Phi) is 8.22. The summed E-state index contributed by atoms with van der Waals surface area (Å²) < 4.78 is 80.8. The van der Waals surface area contributed by atoms with Gasteiger partial charge in [0.05, 0.1) is 41.5 Å². The molecule has 1 aliphatic heterocycles. The van der Waals surface area contributed by atoms with Crippen LogP contribution in [-0.4, -0.2) is 56.1 Å². The van der Waals surface area contributed by atoms with Gasteiger partial charge in [0.15, 0.2) is 0 Å². The minimum Gasteiger partial charge on any atom is -0.626 e. The summed E-state index contributed by atoms with van der Waals surface area (Å²) in [7, 11) is 3.31. The van der Waals surface area contributed by atoms with Crippen LogP contribution in [0.15, 0.2) is 54.7 Å². The van der Waals surface area contributed by atoms with E-state index >= 15 is 0 Å². The number of hydroxylamine groups is 2. The van der Waals surface area contributed by atoms with Crippen LogP contribution in [0.1, 0.15) is 36.1 Å². The lowest BCUT2D eigenvalue weighted by Crippen LogP contribution is -2.56. The number of carbonyl (C=O) groups is 1. The molecular formula is C30H32F6N4O2. The molecule has 0 bridgehead atoms. The molecule has 0 saturated carbocycles. The molecule has 0 aliphatic carbocycles. The van der Waals surface area contributed by atoms with Gasteiger partial charge in [0.1, 0.15) is 0 Å². The Labute approximate surface area is 240 Å². The standard InChI is InChI=1S/C30H32F6N4O2/c1-19-8-6-7-9-23(19)24-17-26(40(42)12-10-38(4)11-13-40)37-18-25(24)39(5)27(41)28(2,3)20-14-21(29(31,32)33)16-22(15-20)30(34,35)36/h6-9,14-18H,10-13H2,1-5H3. The minimum atomic E-state index is -5.06. The van der Waals surface area contributed by atoms with Gasteiger partial charge in [0.2, 0.25) is 11.7 Å². The zero-order chi connectivity index (χ0) is 31.3. The van der Waals surface area contributed by atoms with E-state index in [-0.39, 0.29) is 30.7 Å². The van der Waals surface area contributed by atoms with Crippen LogP contribution >= 0.6 is 0 Å². The third-order valence-electron chi connectivity index (χ3n) is 7.92. The Hall–Kier alpha value is -3.48. The summed E-state index contributed by atoms with van der Waals surface area (Å²) in [6.45, 7) is 6.08. The first-order valence-corrected chi connectivity index (χ1v) is 13.3. The summed E-state index contributed by atoms with van der Waals surface area (Å²) in [5.41, 5.74) is -2.95. The van der Waals surface area contributed by atoms with E-state index in [1.807, 2.05) is 37.1 Å². The van der Waals surface area contributed by atoms with Crippen LogP contribution in [0.4, 0.5) is 37.8 Å². The molecule has 12 heteroatoms. The normalized spacial score (nSPS) is 16.4. The molecule has 1 saturated heterocycles. The summed E-state index contributed by atoms with van der Waals surface area (Å²) in [6.07, 6.45) is -8.74. The Morgan fingerprint density at radius 3 is 1.95 bits per heavy atom. The first-order valence-electron chi connectivity index (χ1n) is 13.3. The van der Waals surface area contributed by atoms with Crippen LogP contribution in [-0.2, 0) is 22.6 Å². The van der Waals surface area contributed by atoms with Crippen molar-refractivity contribution in [1.82, 2.24) is 14.5 Å². The molecule has 42 heavy (non-hydrogen) atoms. The molecule has 3 aromatic rings. The summed E-state index contributed by atoms with van der Waals surface area (Å²) in [5, 5.41) is 13.7. The SMILES string of the molecule is Cc1ccccc1-c1cc([N+]2([O-])CCN(C)CC2)ncc1N(C)C(=O)C(C)(C)c1cc(C(F)(F)F)cc(C(F)(F)F)c1. The highest BCUT2D eigenvalue weighted by molar-refractivity contribution is 6.03. The van der Waals surface area contributed by atoms with E-state index in [1.165, 1.54) is 32.0 Å². The number of carbonyl (C=O) groups excluding carboxylic acids is 1. The number of halogens is 6. The van der Waals surface area contributed by atoms with Crippen molar-refractivity contribution in [3.63, 3.8) is 0 Å². The number of anilines is 1. The van der Waals surface area contributed by atoms with Gasteiger partial charge in [-0.25, -0.2) is 4.98 Å². The predicted molar refractivity (Wildman–Crippen MR) is 150 cm³/mol. The fourth-order valence-corrected chi connectivity index (χ4v) is 5.10. The number of benzene rings is 2. The highest BCUT2D eigenvalue weighted by Gasteiger charge is 2.41. The number of aromatic nitrogens is 1. The molecule has 0 N–H and O–H groups in total. The highest BCUT2D eigenvalue weighted by atomic mass is 19.4. The Balaban J connectivity index is 1.82. The maximum absolute atomic E-state index is 13.9. The topological polar surface area (TPSA) is 59.5 Å². The van der Waals surface area contributed by atoms with Crippen LogP contribution in [0.5, 0.6) is 0 Å². The molecule has 1 aromatic heterocycles. The zero-order valence-electron chi connectivity index (χ0n) is 23.9. The molecule has 2 heterocycles. The summed E-state index contributed by atoms with van der Waals surface area (Å²) in [5.74, 6) is -0.511. The van der Waals surface area contributed by atoms with Crippen molar-refractivity contribution < 1.29 is 31.1 Å². The van der Waals surface area contributed by atoms with Gasteiger partial charge in [-0.15, -0.1) is 0 Å². The van der Waals surface area contributed by atoms with E-state index in [4.69, 9.17) is 0 Å². The van der Waals surface area contributed by atoms with E-state index in [9.17, 15) is 36.3 Å². The molecule has 6 nitrogen and oxygen atoms in total. The van der Waals surface area contributed by atoms with Gasteiger partial charge >= 0.3 is 12.4 Å². The van der Waals surface area contributed by atoms with Crippen molar-refractivity contribution >= 4 is 17.4 Å². The predicted octanol–water partition coefficient (Wildman–Crippen LogP) is 6.79. The lowest BCUT2D eigenvalue weighted by molar-refractivity contribution is -0.143. The molecule has 2 aromatic carbocycles. The summed E-state index contributed by atoms with van der Waals surface area (Å²) >= 11 is 0. The Morgan fingerprint density at radius 1 is 0.905 bits per heavy atom. The van der Waals surface area contributed by atoms with Crippen LogP contribution in [0.2, 0.25) is 0 Å². The molecule has 0 atom stereocenters. The van der Waals surface area contributed by atoms with Crippen molar-refractivity contribution in [2.24, 2.45) is 0 Å². The Bertz CT molecular complexity index is 1450. The minimum absolute atomic E-state index is 0.0345. The van der Waals surface area contributed by atoms with Crippen molar-refractivity contribution in [2.75, 3.05) is 45.2 Å². The quantitative estimate of drug-likeness (QED) is 0.186. The number of likely N-dealkylation sites (N-methyl/N-ethyl adjacent to an activating group) is 2. The number of rotatable bonds is 5. The van der Waals surface area contributed by atoms with Crippen LogP contribution in [0, 0.1) is 12.1 Å². The van der Waals surface area contributed by atoms with Gasteiger partial charge in [0, 0.05) is 31.8 Å². The van der Waals surface area contributed by atoms with Crippen molar-refractivity contribution in [1.29, 1.82) is 0 Å². The zero-order valence-corrected chi connectivity index (χ0v) is 23.9. The fraction of sp³-hybridized carbons (Fsp3) is 0.400. The molecule has 0 spiro atoms. The van der Waals surface area contributed by atoms with E-state index < -0.39 is 45.0 Å². The smallest absolute Gasteiger partial charge is 0.416 e. The molecule has 226 valence electrons. The molecule has 4 rings (SSSR count). The molecule has 0 radical (unpaired) electrons. The van der Waals surface area contributed by atoms with E-state index in [2.05, 4.69) is 4.98 Å². The van der Waals surface area contributed by atoms with E-state index in [1.54, 1.807) is 12.1 Å². The second-order valence-corrected chi connectivity index (χ2v) is 11.3. The lowest BCUT2D eigenvalue weighted by Gasteiger charge is -2.46. The lowest BCUT2D eigenvalue weighted by atomic mass is 9.81. The van der Waals surface area contributed by atoms with Crippen molar-refractivity contribution in [3.05, 3.63) is 82.2 Å². The first kappa shape index (κ1) is 31.5. The van der Waals surface area contributed by atoms with Crippen LogP contribution in [0.25, 0.3) is 11.1 Å². The second-order valence-electron chi connectivity index (χ2n) is 11.3. The number of alkyl halides is 6. The third kappa shape index (κ3) is 6.16.